The van der Waals surface area contributed by atoms with Gasteiger partial charge in [0.05, 0.1) is 6.10 Å². The number of halogens is 1. The van der Waals surface area contributed by atoms with Crippen LogP contribution in [0, 0.1) is 0 Å². The Morgan fingerprint density at radius 1 is 1.12 bits per heavy atom. The Balaban J connectivity index is 1.84. The van der Waals surface area contributed by atoms with Crippen LogP contribution in [0.5, 0.6) is 0 Å². The molecule has 0 amide bonds. The summed E-state index contributed by atoms with van der Waals surface area (Å²) in [5.41, 5.74) is 3.70. The van der Waals surface area contributed by atoms with Gasteiger partial charge in [-0.2, -0.15) is 0 Å². The van der Waals surface area contributed by atoms with Gasteiger partial charge in [-0.1, -0.05) is 35.9 Å². The average Bonchev–Trinajstić information content (AvgIpc) is 2.62. The molecule has 0 radical (unpaired) electrons. The molecule has 2 unspecified atom stereocenters. The van der Waals surface area contributed by atoms with Gasteiger partial charge < -0.3 is 10.4 Å². The zero-order valence-electron chi connectivity index (χ0n) is 13.1. The van der Waals surface area contributed by atoms with Gasteiger partial charge in [-0.05, 0) is 43.0 Å². The number of hydrogen-bond donors (Lipinski definition) is 2. The maximum atomic E-state index is 10.6. The summed E-state index contributed by atoms with van der Waals surface area (Å²) < 4.78 is 0. The first-order valence-electron chi connectivity index (χ1n) is 8.15. The number of allylic oxidation sites excluding steroid dienone is 1. The van der Waals surface area contributed by atoms with Gasteiger partial charge >= 0.3 is 0 Å². The lowest BCUT2D eigenvalue weighted by Crippen LogP contribution is -2.37. The highest BCUT2D eigenvalue weighted by atomic mass is 35.5. The number of nitrogens with one attached hydrogen (secondary N) is 1. The maximum absolute atomic E-state index is 10.6. The van der Waals surface area contributed by atoms with Gasteiger partial charge in [0.1, 0.15) is 11.7 Å². The molecule has 122 valence electrons. The summed E-state index contributed by atoms with van der Waals surface area (Å²) in [5, 5.41) is 14.6. The Bertz CT molecular complexity index is 816. The third-order valence-electron chi connectivity index (χ3n) is 4.54. The predicted molar refractivity (Wildman–Crippen MR) is 95.0 cm³/mol. The molecule has 0 bridgehead atoms. The number of amidine groups is 1. The number of aliphatic imine (C=N–C) groups is 1. The van der Waals surface area contributed by atoms with Crippen molar-refractivity contribution in [2.24, 2.45) is 4.99 Å². The number of aromatic nitrogens is 1. The molecule has 1 aliphatic heterocycles. The summed E-state index contributed by atoms with van der Waals surface area (Å²) in [6.45, 7) is 0. The SMILES string of the molecule is OC1CCCC2=C1C(c1ccccc1Cl)N=C(c1ccccn1)N2. The third kappa shape index (κ3) is 2.72. The molecule has 1 aromatic carbocycles. The molecular formula is C19H18ClN3O. The lowest BCUT2D eigenvalue weighted by Gasteiger charge is -2.34. The van der Waals surface area contributed by atoms with Gasteiger partial charge in [0.15, 0.2) is 5.84 Å². The molecule has 5 heteroatoms. The maximum Gasteiger partial charge on any atom is 0.152 e. The molecule has 24 heavy (non-hydrogen) atoms. The summed E-state index contributed by atoms with van der Waals surface area (Å²) in [4.78, 5) is 9.26. The first-order chi connectivity index (χ1) is 11.7. The normalized spacial score (nSPS) is 23.3. The molecule has 0 fully saturated rings. The second kappa shape index (κ2) is 6.38. The van der Waals surface area contributed by atoms with Crippen LogP contribution in [0.1, 0.15) is 36.6 Å². The lowest BCUT2D eigenvalue weighted by molar-refractivity contribution is 0.179. The van der Waals surface area contributed by atoms with Crippen molar-refractivity contribution in [1.29, 1.82) is 0 Å². The van der Waals surface area contributed by atoms with Crippen molar-refractivity contribution in [2.45, 2.75) is 31.4 Å². The van der Waals surface area contributed by atoms with Crippen molar-refractivity contribution >= 4 is 17.4 Å². The standard InChI is InChI=1S/C19H18ClN3O/c20-13-7-2-1-6-12(13)18-17-14(9-5-10-16(17)24)22-19(23-18)15-8-3-4-11-21-15/h1-4,6-8,11,16,18,24H,5,9-10H2,(H,22,23). The van der Waals surface area contributed by atoms with Crippen molar-refractivity contribution < 1.29 is 5.11 Å². The van der Waals surface area contributed by atoms with Gasteiger partial charge in [-0.25, -0.2) is 0 Å². The quantitative estimate of drug-likeness (QED) is 0.878. The summed E-state index contributed by atoms with van der Waals surface area (Å²) in [6, 6.07) is 13.2. The number of nitrogens with zero attached hydrogens (tertiary/aromatic N) is 2. The highest BCUT2D eigenvalue weighted by molar-refractivity contribution is 6.31. The van der Waals surface area contributed by atoms with Crippen molar-refractivity contribution in [1.82, 2.24) is 10.3 Å². The van der Waals surface area contributed by atoms with Crippen molar-refractivity contribution in [3.05, 3.63) is 76.2 Å². The smallest absolute Gasteiger partial charge is 0.152 e. The first kappa shape index (κ1) is 15.4. The van der Waals surface area contributed by atoms with Crippen LogP contribution in [0.25, 0.3) is 0 Å². The van der Waals surface area contributed by atoms with E-state index in [-0.39, 0.29) is 6.04 Å². The van der Waals surface area contributed by atoms with Crippen LogP contribution in [0.4, 0.5) is 0 Å². The highest BCUT2D eigenvalue weighted by Crippen LogP contribution is 2.40. The van der Waals surface area contributed by atoms with Gasteiger partial charge in [-0.3, -0.25) is 9.98 Å². The fraction of sp³-hybridized carbons (Fsp3) is 0.263. The predicted octanol–water partition coefficient (Wildman–Crippen LogP) is 3.63. The van der Waals surface area contributed by atoms with E-state index >= 15 is 0 Å². The molecule has 2 aliphatic rings. The molecule has 2 N–H and O–H groups in total. The highest BCUT2D eigenvalue weighted by Gasteiger charge is 2.34. The van der Waals surface area contributed by atoms with Gasteiger partial charge in [-0.15, -0.1) is 0 Å². The van der Waals surface area contributed by atoms with E-state index in [1.165, 1.54) is 0 Å². The fourth-order valence-corrected chi connectivity index (χ4v) is 3.63. The molecule has 2 heterocycles. The molecule has 4 nitrogen and oxygen atoms in total. The molecule has 4 rings (SSSR count). The van der Waals surface area contributed by atoms with Crippen molar-refractivity contribution in [3.63, 3.8) is 0 Å². The molecule has 1 aromatic heterocycles. The van der Waals surface area contributed by atoms with E-state index in [4.69, 9.17) is 16.6 Å². The van der Waals surface area contributed by atoms with Crippen LogP contribution in [-0.4, -0.2) is 22.0 Å². The zero-order valence-corrected chi connectivity index (χ0v) is 13.9. The minimum Gasteiger partial charge on any atom is -0.389 e. The van der Waals surface area contributed by atoms with Crippen LogP contribution in [0.2, 0.25) is 5.02 Å². The number of aliphatic hydroxyl groups excluding tert-OH is 1. The minimum atomic E-state index is -0.489. The number of benzene rings is 1. The van der Waals surface area contributed by atoms with Crippen LogP contribution in [-0.2, 0) is 0 Å². The molecule has 0 saturated heterocycles. The van der Waals surface area contributed by atoms with E-state index in [0.29, 0.717) is 5.02 Å². The number of hydrogen-bond acceptors (Lipinski definition) is 4. The summed E-state index contributed by atoms with van der Waals surface area (Å²) in [5.74, 6) is 0.730. The van der Waals surface area contributed by atoms with Crippen LogP contribution < -0.4 is 5.32 Å². The Morgan fingerprint density at radius 2 is 1.96 bits per heavy atom. The van der Waals surface area contributed by atoms with E-state index in [2.05, 4.69) is 10.3 Å². The van der Waals surface area contributed by atoms with Gasteiger partial charge in [0.25, 0.3) is 0 Å². The van der Waals surface area contributed by atoms with Crippen molar-refractivity contribution in [3.8, 4) is 0 Å². The molecule has 0 spiro atoms. The van der Waals surface area contributed by atoms with Gasteiger partial charge in [0.2, 0.25) is 0 Å². The van der Waals surface area contributed by atoms with Gasteiger partial charge in [0, 0.05) is 22.5 Å². The molecular weight excluding hydrogens is 322 g/mol. The Kier molecular flexibility index (Phi) is 4.08. The Morgan fingerprint density at radius 3 is 2.75 bits per heavy atom. The largest absolute Gasteiger partial charge is 0.389 e. The second-order valence-corrected chi connectivity index (χ2v) is 6.49. The summed E-state index contributed by atoms with van der Waals surface area (Å²) in [6.07, 6.45) is 3.88. The van der Waals surface area contributed by atoms with Crippen LogP contribution in [0.15, 0.2) is 64.9 Å². The lowest BCUT2D eigenvalue weighted by atomic mass is 9.84. The van der Waals surface area contributed by atoms with Crippen molar-refractivity contribution in [2.75, 3.05) is 0 Å². The van der Waals surface area contributed by atoms with E-state index in [0.717, 1.165) is 47.6 Å². The minimum absolute atomic E-state index is 0.276. The summed E-state index contributed by atoms with van der Waals surface area (Å²) in [7, 11) is 0. The molecule has 0 saturated carbocycles. The third-order valence-corrected chi connectivity index (χ3v) is 4.89. The number of aliphatic hydroxyl groups is 1. The molecule has 2 aromatic rings. The Labute approximate surface area is 145 Å². The monoisotopic (exact) mass is 339 g/mol. The number of rotatable bonds is 2. The fourth-order valence-electron chi connectivity index (χ4n) is 3.40. The first-order valence-corrected chi connectivity index (χ1v) is 8.53. The zero-order chi connectivity index (χ0) is 16.5. The van der Waals surface area contributed by atoms with E-state index in [1.54, 1.807) is 6.20 Å². The van der Waals surface area contributed by atoms with E-state index in [1.807, 2.05) is 42.5 Å². The molecule has 1 aliphatic carbocycles. The average molecular weight is 340 g/mol. The molecule has 2 atom stereocenters. The topological polar surface area (TPSA) is 57.5 Å². The van der Waals surface area contributed by atoms with E-state index in [9.17, 15) is 5.11 Å². The number of pyridine rings is 1. The van der Waals surface area contributed by atoms with Crippen LogP contribution >= 0.6 is 11.6 Å². The summed E-state index contributed by atoms with van der Waals surface area (Å²) >= 11 is 6.42. The van der Waals surface area contributed by atoms with Crippen LogP contribution in [0.3, 0.4) is 0 Å². The second-order valence-electron chi connectivity index (χ2n) is 6.08. The van der Waals surface area contributed by atoms with E-state index < -0.39 is 6.10 Å². The Hall–Kier alpha value is -2.17.